The second-order valence-corrected chi connectivity index (χ2v) is 7.12. The second-order valence-electron chi connectivity index (χ2n) is 7.12. The number of benzene rings is 1. The van der Waals surface area contributed by atoms with E-state index in [-0.39, 0.29) is 11.7 Å². The molecule has 0 aliphatic heterocycles. The van der Waals surface area contributed by atoms with Crippen molar-refractivity contribution in [2.75, 3.05) is 27.2 Å². The number of hydrogen-bond donors (Lipinski definition) is 2. The van der Waals surface area contributed by atoms with E-state index in [0.29, 0.717) is 17.8 Å². The van der Waals surface area contributed by atoms with Gasteiger partial charge in [-0.15, -0.1) is 0 Å². The predicted octanol–water partition coefficient (Wildman–Crippen LogP) is 2.69. The molecule has 0 spiro atoms. The number of Topliss-reactive ketones (excluding diaryl/α,β-unsaturated/α-hetero) is 1. The molecule has 1 amide bonds. The number of ketones is 1. The van der Waals surface area contributed by atoms with E-state index < -0.39 is 5.41 Å². The summed E-state index contributed by atoms with van der Waals surface area (Å²) in [6, 6.07) is 7.25. The Hall–Kier alpha value is -2.14. The fraction of sp³-hybridized carbons (Fsp3) is 0.444. The Kier molecular flexibility index (Phi) is 4.90. The summed E-state index contributed by atoms with van der Waals surface area (Å²) in [6.45, 7) is 7.08. The van der Waals surface area contributed by atoms with E-state index in [2.05, 4.69) is 10.3 Å². The maximum Gasteiger partial charge on any atom is 0.251 e. The zero-order chi connectivity index (χ0) is 17.2. The van der Waals surface area contributed by atoms with Gasteiger partial charge in [0.25, 0.3) is 5.91 Å². The minimum atomic E-state index is -0.437. The van der Waals surface area contributed by atoms with Gasteiger partial charge in [-0.3, -0.25) is 9.59 Å². The Morgan fingerprint density at radius 1 is 1.17 bits per heavy atom. The van der Waals surface area contributed by atoms with Crippen molar-refractivity contribution in [1.29, 1.82) is 0 Å². The van der Waals surface area contributed by atoms with Gasteiger partial charge < -0.3 is 15.2 Å². The number of aromatic nitrogens is 1. The van der Waals surface area contributed by atoms with E-state index in [1.807, 2.05) is 58.0 Å². The number of amides is 1. The maximum absolute atomic E-state index is 12.3. The largest absolute Gasteiger partial charge is 0.352 e. The zero-order valence-electron chi connectivity index (χ0n) is 14.5. The predicted molar refractivity (Wildman–Crippen MR) is 93.0 cm³/mol. The lowest BCUT2D eigenvalue weighted by Gasteiger charge is -2.14. The molecule has 1 aromatic heterocycles. The van der Waals surface area contributed by atoms with Crippen LogP contribution in [0.4, 0.5) is 0 Å². The Morgan fingerprint density at radius 3 is 2.48 bits per heavy atom. The smallest absolute Gasteiger partial charge is 0.251 e. The summed E-state index contributed by atoms with van der Waals surface area (Å²) in [5.74, 6) is -0.0377. The molecule has 0 unspecified atom stereocenters. The molecular formula is C18H25N3O2. The summed E-state index contributed by atoms with van der Waals surface area (Å²) >= 11 is 0. The van der Waals surface area contributed by atoms with Crippen LogP contribution < -0.4 is 5.32 Å². The molecule has 2 rings (SSSR count). The molecule has 0 aliphatic carbocycles. The van der Waals surface area contributed by atoms with Crippen LogP contribution in [0.1, 0.15) is 41.6 Å². The highest BCUT2D eigenvalue weighted by Gasteiger charge is 2.24. The summed E-state index contributed by atoms with van der Waals surface area (Å²) in [7, 11) is 3.93. The minimum Gasteiger partial charge on any atom is -0.352 e. The van der Waals surface area contributed by atoms with Crippen LogP contribution >= 0.6 is 0 Å². The summed E-state index contributed by atoms with van der Waals surface area (Å²) in [4.78, 5) is 29.7. The van der Waals surface area contributed by atoms with E-state index >= 15 is 0 Å². The van der Waals surface area contributed by atoms with Crippen molar-refractivity contribution in [1.82, 2.24) is 15.2 Å². The second kappa shape index (κ2) is 6.54. The third-order valence-corrected chi connectivity index (χ3v) is 3.65. The highest BCUT2D eigenvalue weighted by molar-refractivity contribution is 6.04. The monoisotopic (exact) mass is 315 g/mol. The van der Waals surface area contributed by atoms with E-state index in [1.54, 1.807) is 6.07 Å². The van der Waals surface area contributed by atoms with Crippen molar-refractivity contribution in [2.24, 2.45) is 5.41 Å². The van der Waals surface area contributed by atoms with Gasteiger partial charge in [-0.05, 0) is 38.4 Å². The van der Waals surface area contributed by atoms with E-state index in [0.717, 1.165) is 17.4 Å². The first kappa shape index (κ1) is 17.2. The number of H-pyrrole nitrogens is 1. The van der Waals surface area contributed by atoms with E-state index in [4.69, 9.17) is 0 Å². The normalized spacial score (nSPS) is 11.9. The first-order chi connectivity index (χ1) is 10.7. The maximum atomic E-state index is 12.3. The Balaban J connectivity index is 2.19. The fourth-order valence-corrected chi connectivity index (χ4v) is 2.30. The molecular weight excluding hydrogens is 290 g/mol. The number of likely N-dealkylation sites (N-methyl/N-ethyl adjacent to an activating group) is 1. The first-order valence-corrected chi connectivity index (χ1v) is 7.79. The van der Waals surface area contributed by atoms with Crippen molar-refractivity contribution in [2.45, 2.75) is 20.8 Å². The molecule has 2 N–H and O–H groups in total. The molecule has 0 aliphatic rings. The highest BCUT2D eigenvalue weighted by atomic mass is 16.1. The summed E-state index contributed by atoms with van der Waals surface area (Å²) in [6.07, 6.45) is 0. The van der Waals surface area contributed by atoms with E-state index in [9.17, 15) is 9.59 Å². The molecule has 124 valence electrons. The standard InChI is InChI=1S/C18H25N3O2/c1-18(2,3)16(22)15-11-13-10-12(6-7-14(13)20-15)17(23)19-8-9-21(4)5/h6-7,10-11,20H,8-9H2,1-5H3,(H,19,23). The number of fused-ring (bicyclic) bond motifs is 1. The van der Waals surface area contributed by atoms with Gasteiger partial charge in [0.1, 0.15) is 0 Å². The topological polar surface area (TPSA) is 65.2 Å². The lowest BCUT2D eigenvalue weighted by molar-refractivity contribution is 0.0853. The van der Waals surface area contributed by atoms with Gasteiger partial charge >= 0.3 is 0 Å². The molecule has 5 heteroatoms. The lowest BCUT2D eigenvalue weighted by Crippen LogP contribution is -2.31. The average Bonchev–Trinajstić information content (AvgIpc) is 2.87. The fourth-order valence-electron chi connectivity index (χ4n) is 2.30. The van der Waals surface area contributed by atoms with Crippen molar-refractivity contribution >= 4 is 22.6 Å². The number of rotatable bonds is 5. The lowest BCUT2D eigenvalue weighted by atomic mass is 9.89. The van der Waals surface area contributed by atoms with Gasteiger partial charge in [-0.1, -0.05) is 20.8 Å². The third kappa shape index (κ3) is 4.20. The molecule has 0 bridgehead atoms. The number of nitrogens with zero attached hydrogens (tertiary/aromatic N) is 1. The number of carbonyl (C=O) groups is 2. The van der Waals surface area contributed by atoms with Gasteiger partial charge in [0.15, 0.2) is 5.78 Å². The zero-order valence-corrected chi connectivity index (χ0v) is 14.5. The molecule has 0 radical (unpaired) electrons. The molecule has 0 atom stereocenters. The number of hydrogen-bond acceptors (Lipinski definition) is 3. The molecule has 23 heavy (non-hydrogen) atoms. The van der Waals surface area contributed by atoms with Gasteiger partial charge in [-0.2, -0.15) is 0 Å². The first-order valence-electron chi connectivity index (χ1n) is 7.79. The van der Waals surface area contributed by atoms with Crippen LogP contribution in [-0.2, 0) is 0 Å². The van der Waals surface area contributed by atoms with Crippen molar-refractivity contribution in [3.05, 3.63) is 35.5 Å². The number of nitrogens with one attached hydrogen (secondary N) is 2. The SMILES string of the molecule is CN(C)CCNC(=O)c1ccc2[nH]c(C(=O)C(C)(C)C)cc2c1. The Morgan fingerprint density at radius 2 is 1.87 bits per heavy atom. The molecule has 2 aromatic rings. The van der Waals surface area contributed by atoms with Gasteiger partial charge in [-0.25, -0.2) is 0 Å². The number of aromatic amines is 1. The van der Waals surface area contributed by atoms with Gasteiger partial charge in [0.2, 0.25) is 0 Å². The average molecular weight is 315 g/mol. The van der Waals surface area contributed by atoms with Crippen molar-refractivity contribution < 1.29 is 9.59 Å². The number of carbonyl (C=O) groups excluding carboxylic acids is 2. The van der Waals surface area contributed by atoms with Crippen LogP contribution in [0.2, 0.25) is 0 Å². The van der Waals surface area contributed by atoms with Crippen LogP contribution in [0, 0.1) is 5.41 Å². The molecule has 5 nitrogen and oxygen atoms in total. The molecule has 1 aromatic carbocycles. The third-order valence-electron chi connectivity index (χ3n) is 3.65. The van der Waals surface area contributed by atoms with Crippen molar-refractivity contribution in [3.8, 4) is 0 Å². The van der Waals surface area contributed by atoms with Gasteiger partial charge in [0, 0.05) is 35.0 Å². The summed E-state index contributed by atoms with van der Waals surface area (Å²) < 4.78 is 0. The summed E-state index contributed by atoms with van der Waals surface area (Å²) in [5, 5.41) is 3.76. The minimum absolute atomic E-state index is 0.0608. The highest BCUT2D eigenvalue weighted by Crippen LogP contribution is 2.24. The molecule has 0 saturated heterocycles. The quantitative estimate of drug-likeness (QED) is 0.834. The van der Waals surface area contributed by atoms with Crippen LogP contribution in [0.25, 0.3) is 10.9 Å². The van der Waals surface area contributed by atoms with Crippen molar-refractivity contribution in [3.63, 3.8) is 0 Å². The van der Waals surface area contributed by atoms with Gasteiger partial charge in [0.05, 0.1) is 5.69 Å². The van der Waals surface area contributed by atoms with Crippen LogP contribution in [0.5, 0.6) is 0 Å². The van der Waals surface area contributed by atoms with Crippen LogP contribution in [0.3, 0.4) is 0 Å². The van der Waals surface area contributed by atoms with E-state index in [1.165, 1.54) is 0 Å². The summed E-state index contributed by atoms with van der Waals surface area (Å²) in [5.41, 5.74) is 1.61. The van der Waals surface area contributed by atoms with Crippen LogP contribution in [0.15, 0.2) is 24.3 Å². The van der Waals surface area contributed by atoms with Crippen LogP contribution in [-0.4, -0.2) is 48.8 Å². The Bertz CT molecular complexity index is 723. The molecule has 0 fully saturated rings. The molecule has 1 heterocycles. The molecule has 0 saturated carbocycles. The Labute approximate surface area is 137 Å².